The third-order valence-corrected chi connectivity index (χ3v) is 6.84. The summed E-state index contributed by atoms with van der Waals surface area (Å²) >= 11 is 6.79. The lowest BCUT2D eigenvalue weighted by Gasteiger charge is -2.28. The lowest BCUT2D eigenvalue weighted by molar-refractivity contribution is -0.137. The average Bonchev–Trinajstić information content (AvgIpc) is 3.35. The number of aliphatic hydroxyl groups excluding tert-OH is 1. The summed E-state index contributed by atoms with van der Waals surface area (Å²) in [6, 6.07) is 4.24. The normalized spacial score (nSPS) is 16.0. The number of anilines is 2. The summed E-state index contributed by atoms with van der Waals surface area (Å²) < 4.78 is 44.0. The summed E-state index contributed by atoms with van der Waals surface area (Å²) in [4.78, 5) is 27.5. The highest BCUT2D eigenvalue weighted by molar-refractivity contribution is 7.13. The number of benzene rings is 1. The first kappa shape index (κ1) is 26.2. The molecule has 0 bridgehead atoms. The number of aliphatic hydroxyl groups is 1. The van der Waals surface area contributed by atoms with Crippen LogP contribution in [0, 0.1) is 0 Å². The first-order chi connectivity index (χ1) is 17.1. The Hall–Kier alpha value is -2.84. The van der Waals surface area contributed by atoms with E-state index in [0.717, 1.165) is 29.5 Å². The number of morpholine rings is 1. The van der Waals surface area contributed by atoms with E-state index < -0.39 is 34.9 Å². The number of hydrogen-bond acceptors (Lipinski definition) is 9. The van der Waals surface area contributed by atoms with Crippen molar-refractivity contribution in [1.82, 2.24) is 20.3 Å². The quantitative estimate of drug-likeness (QED) is 0.384. The number of nitrogens with zero attached hydrogens (tertiary/aromatic N) is 4. The fraction of sp³-hybridized carbons (Fsp3) is 0.364. The number of aromatic nitrogens is 3. The van der Waals surface area contributed by atoms with E-state index in [9.17, 15) is 23.1 Å². The van der Waals surface area contributed by atoms with E-state index in [4.69, 9.17) is 16.3 Å². The van der Waals surface area contributed by atoms with Crippen molar-refractivity contribution < 1.29 is 27.8 Å². The fourth-order valence-corrected chi connectivity index (χ4v) is 4.59. The third-order valence-electron chi connectivity index (χ3n) is 5.35. The van der Waals surface area contributed by atoms with Crippen LogP contribution in [0.15, 0.2) is 36.8 Å². The molecule has 0 spiro atoms. The second-order valence-corrected chi connectivity index (χ2v) is 9.37. The molecular weight excluding hydrogens is 521 g/mol. The maximum Gasteiger partial charge on any atom is 0.417 e. The number of carbonyl (C=O) groups is 1. The van der Waals surface area contributed by atoms with Crippen LogP contribution in [0.2, 0.25) is 5.02 Å². The van der Waals surface area contributed by atoms with E-state index in [-0.39, 0.29) is 10.6 Å². The van der Waals surface area contributed by atoms with Crippen LogP contribution >= 0.6 is 22.9 Å². The molecule has 1 aliphatic heterocycles. The van der Waals surface area contributed by atoms with Crippen LogP contribution in [0.25, 0.3) is 0 Å². The molecule has 3 aromatic rings. The molecule has 3 heterocycles. The average molecular weight is 543 g/mol. The van der Waals surface area contributed by atoms with Gasteiger partial charge in [-0.3, -0.25) is 10.1 Å². The van der Waals surface area contributed by atoms with E-state index in [1.54, 1.807) is 13.0 Å². The van der Waals surface area contributed by atoms with Gasteiger partial charge in [-0.2, -0.15) is 13.2 Å². The number of carbonyl (C=O) groups excluding carboxylic acids is 1. The number of hydrogen-bond donors (Lipinski definition) is 3. The van der Waals surface area contributed by atoms with Gasteiger partial charge >= 0.3 is 6.18 Å². The number of alkyl halides is 3. The number of amides is 1. The molecule has 36 heavy (non-hydrogen) atoms. The molecule has 1 saturated heterocycles. The molecule has 4 rings (SSSR count). The van der Waals surface area contributed by atoms with Crippen molar-refractivity contribution in [2.24, 2.45) is 0 Å². The van der Waals surface area contributed by atoms with Gasteiger partial charge in [-0.25, -0.2) is 15.0 Å². The predicted octanol–water partition coefficient (Wildman–Crippen LogP) is 4.04. The first-order valence-corrected chi connectivity index (χ1v) is 12.0. The minimum atomic E-state index is -4.59. The van der Waals surface area contributed by atoms with Crippen molar-refractivity contribution in [3.8, 4) is 0 Å². The first-order valence-electron chi connectivity index (χ1n) is 10.8. The summed E-state index contributed by atoms with van der Waals surface area (Å²) in [6.07, 6.45) is -2.96. The molecule has 1 fully saturated rings. The van der Waals surface area contributed by atoms with Crippen LogP contribution in [0.1, 0.15) is 45.1 Å². The van der Waals surface area contributed by atoms with Gasteiger partial charge in [0.05, 0.1) is 41.7 Å². The number of nitrogens with one attached hydrogen (secondary N) is 2. The molecule has 2 unspecified atom stereocenters. The highest BCUT2D eigenvalue weighted by atomic mass is 35.5. The maximum absolute atomic E-state index is 12.9. The Morgan fingerprint density at radius 1 is 1.22 bits per heavy atom. The Bertz CT molecular complexity index is 1220. The van der Waals surface area contributed by atoms with Crippen LogP contribution in [-0.4, -0.2) is 52.3 Å². The molecule has 9 nitrogen and oxygen atoms in total. The Kier molecular flexibility index (Phi) is 8.05. The van der Waals surface area contributed by atoms with E-state index >= 15 is 0 Å². The molecule has 1 amide bonds. The largest absolute Gasteiger partial charge is 0.417 e. The standard InChI is InChI=1S/C22H22ClF3N6O3S/c1-12(30-19(33)16-9-18(29-11-28-16)32-4-6-35-7-5-32)21-27-10-17(36-21)20(34)31-13-2-3-14(15(23)8-13)22(24,25)26/h2-3,8-12,19,30,33H,4-7H2,1H3,(H,31,34). The fourth-order valence-electron chi connectivity index (χ4n) is 3.48. The van der Waals surface area contributed by atoms with Crippen molar-refractivity contribution in [2.45, 2.75) is 25.4 Å². The third kappa shape index (κ3) is 6.28. The number of thiazole rings is 1. The number of ether oxygens (including phenoxy) is 1. The Labute approximate surface area is 213 Å². The SMILES string of the molecule is CC(NC(O)c1cc(N2CCOCC2)ncn1)c1ncc(C(=O)Nc2ccc(C(F)(F)F)c(Cl)c2)s1. The van der Waals surface area contributed by atoms with Gasteiger partial charge in [0.15, 0.2) is 0 Å². The second kappa shape index (κ2) is 11.0. The van der Waals surface area contributed by atoms with E-state index in [1.165, 1.54) is 12.5 Å². The topological polar surface area (TPSA) is 112 Å². The zero-order chi connectivity index (χ0) is 25.9. The van der Waals surface area contributed by atoms with Crippen LogP contribution in [0.5, 0.6) is 0 Å². The predicted molar refractivity (Wildman–Crippen MR) is 128 cm³/mol. The van der Waals surface area contributed by atoms with Crippen molar-refractivity contribution in [2.75, 3.05) is 36.5 Å². The number of rotatable bonds is 7. The van der Waals surface area contributed by atoms with E-state index in [0.29, 0.717) is 42.8 Å². The van der Waals surface area contributed by atoms with Crippen LogP contribution in [0.4, 0.5) is 24.7 Å². The van der Waals surface area contributed by atoms with Crippen LogP contribution in [0.3, 0.4) is 0 Å². The highest BCUT2D eigenvalue weighted by Gasteiger charge is 2.33. The van der Waals surface area contributed by atoms with Gasteiger partial charge in [-0.05, 0) is 25.1 Å². The van der Waals surface area contributed by atoms with Gasteiger partial charge in [-0.1, -0.05) is 11.6 Å². The summed E-state index contributed by atoms with van der Waals surface area (Å²) in [5.41, 5.74) is -0.483. The lowest BCUT2D eigenvalue weighted by atomic mass is 10.2. The van der Waals surface area contributed by atoms with Gasteiger partial charge < -0.3 is 20.1 Å². The second-order valence-electron chi connectivity index (χ2n) is 7.90. The van der Waals surface area contributed by atoms with Crippen molar-refractivity contribution in [1.29, 1.82) is 0 Å². The summed E-state index contributed by atoms with van der Waals surface area (Å²) in [6.45, 7) is 4.35. The molecule has 0 aliphatic carbocycles. The van der Waals surface area contributed by atoms with E-state index in [2.05, 4.69) is 25.6 Å². The molecule has 3 N–H and O–H groups in total. The van der Waals surface area contributed by atoms with E-state index in [1.807, 2.05) is 4.90 Å². The van der Waals surface area contributed by atoms with Gasteiger partial charge in [-0.15, -0.1) is 11.3 Å². The Morgan fingerprint density at radius 3 is 2.67 bits per heavy atom. The minimum Gasteiger partial charge on any atom is -0.378 e. The van der Waals surface area contributed by atoms with Gasteiger partial charge in [0.2, 0.25) is 0 Å². The monoisotopic (exact) mass is 542 g/mol. The van der Waals surface area contributed by atoms with Gasteiger partial charge in [0, 0.05) is 24.8 Å². The molecule has 1 aliphatic rings. The van der Waals surface area contributed by atoms with Crippen LogP contribution in [-0.2, 0) is 10.9 Å². The van der Waals surface area contributed by atoms with Crippen molar-refractivity contribution >= 4 is 40.4 Å². The molecule has 0 saturated carbocycles. The summed E-state index contributed by atoms with van der Waals surface area (Å²) in [5, 5.41) is 16.2. The van der Waals surface area contributed by atoms with Crippen LogP contribution < -0.4 is 15.5 Å². The minimum absolute atomic E-state index is 0.120. The lowest BCUT2D eigenvalue weighted by Crippen LogP contribution is -2.37. The molecule has 1 aromatic carbocycles. The van der Waals surface area contributed by atoms with Crippen molar-refractivity contribution in [3.05, 3.63) is 63.0 Å². The smallest absolute Gasteiger partial charge is 0.378 e. The summed E-state index contributed by atoms with van der Waals surface area (Å²) in [7, 11) is 0. The molecule has 14 heteroatoms. The molecule has 0 radical (unpaired) electrons. The van der Waals surface area contributed by atoms with Crippen molar-refractivity contribution in [3.63, 3.8) is 0 Å². The Morgan fingerprint density at radius 2 is 1.97 bits per heavy atom. The summed E-state index contributed by atoms with van der Waals surface area (Å²) in [5.74, 6) is 0.140. The highest BCUT2D eigenvalue weighted by Crippen LogP contribution is 2.36. The molecular formula is C22H22ClF3N6O3S. The molecule has 192 valence electrons. The zero-order valence-corrected chi connectivity index (χ0v) is 20.5. The molecule has 2 aromatic heterocycles. The molecule has 2 atom stereocenters. The van der Waals surface area contributed by atoms with Gasteiger partial charge in [0.25, 0.3) is 5.91 Å². The Balaban J connectivity index is 1.38. The zero-order valence-electron chi connectivity index (χ0n) is 18.9. The maximum atomic E-state index is 12.9. The number of halogens is 4. The van der Waals surface area contributed by atoms with Gasteiger partial charge in [0.1, 0.15) is 28.3 Å².